The third-order valence-corrected chi connectivity index (χ3v) is 3.70. The molecule has 0 radical (unpaired) electrons. The van der Waals surface area contributed by atoms with Gasteiger partial charge in [0.05, 0.1) is 0 Å². The molecule has 1 nitrogen and oxygen atoms in total. The van der Waals surface area contributed by atoms with Crippen LogP contribution in [0.4, 0.5) is 0 Å². The SMILES string of the molecule is CCC1CCC[S+]1[O-]. The first-order valence-corrected chi connectivity index (χ1v) is 4.60. The minimum atomic E-state index is -0.461. The van der Waals surface area contributed by atoms with Gasteiger partial charge in [0, 0.05) is 0 Å². The van der Waals surface area contributed by atoms with Gasteiger partial charge in [0.25, 0.3) is 0 Å². The second-order valence-corrected chi connectivity index (χ2v) is 4.09. The molecule has 2 heteroatoms. The van der Waals surface area contributed by atoms with Crippen molar-refractivity contribution in [3.05, 3.63) is 0 Å². The molecule has 0 aliphatic carbocycles. The predicted molar refractivity (Wildman–Crippen MR) is 36.3 cm³/mol. The van der Waals surface area contributed by atoms with Crippen LogP contribution >= 0.6 is 0 Å². The van der Waals surface area contributed by atoms with Crippen molar-refractivity contribution in [1.82, 2.24) is 0 Å². The van der Waals surface area contributed by atoms with Crippen LogP contribution in [0.3, 0.4) is 0 Å². The van der Waals surface area contributed by atoms with Crippen LogP contribution in [0.15, 0.2) is 0 Å². The van der Waals surface area contributed by atoms with E-state index in [9.17, 15) is 4.55 Å². The Morgan fingerprint density at radius 1 is 1.75 bits per heavy atom. The molecule has 0 aromatic rings. The van der Waals surface area contributed by atoms with E-state index in [0.717, 1.165) is 12.2 Å². The molecule has 0 bridgehead atoms. The Labute approximate surface area is 53.7 Å². The molecule has 2 atom stereocenters. The highest BCUT2D eigenvalue weighted by Gasteiger charge is 2.26. The van der Waals surface area contributed by atoms with Gasteiger partial charge in [0.1, 0.15) is 11.0 Å². The van der Waals surface area contributed by atoms with E-state index in [1.807, 2.05) is 0 Å². The van der Waals surface area contributed by atoms with Crippen molar-refractivity contribution in [2.45, 2.75) is 31.4 Å². The first kappa shape index (κ1) is 6.43. The highest BCUT2D eigenvalue weighted by molar-refractivity contribution is 7.92. The zero-order chi connectivity index (χ0) is 5.98. The fourth-order valence-electron chi connectivity index (χ4n) is 1.14. The molecule has 1 rings (SSSR count). The minimum absolute atomic E-state index is 0.461. The van der Waals surface area contributed by atoms with Gasteiger partial charge >= 0.3 is 0 Å². The lowest BCUT2D eigenvalue weighted by Gasteiger charge is -2.09. The second kappa shape index (κ2) is 2.74. The molecule has 0 spiro atoms. The van der Waals surface area contributed by atoms with Crippen molar-refractivity contribution in [2.75, 3.05) is 5.75 Å². The van der Waals surface area contributed by atoms with Gasteiger partial charge < -0.3 is 4.55 Å². The smallest absolute Gasteiger partial charge is 0.115 e. The second-order valence-electron chi connectivity index (χ2n) is 2.26. The first-order chi connectivity index (χ1) is 3.84. The van der Waals surface area contributed by atoms with E-state index in [4.69, 9.17) is 0 Å². The average Bonchev–Trinajstić information content (AvgIpc) is 2.14. The summed E-state index contributed by atoms with van der Waals surface area (Å²) in [5.74, 6) is 0.957. The normalized spacial score (nSPS) is 38.2. The summed E-state index contributed by atoms with van der Waals surface area (Å²) >= 11 is -0.461. The molecule has 1 heterocycles. The molecule has 1 saturated heterocycles. The van der Waals surface area contributed by atoms with Gasteiger partial charge in [-0.05, 0) is 19.3 Å². The lowest BCUT2D eigenvalue weighted by molar-refractivity contribution is 0.585. The Morgan fingerprint density at radius 2 is 2.50 bits per heavy atom. The lowest BCUT2D eigenvalue weighted by Crippen LogP contribution is -2.13. The lowest BCUT2D eigenvalue weighted by atomic mass is 10.2. The topological polar surface area (TPSA) is 23.1 Å². The van der Waals surface area contributed by atoms with E-state index in [2.05, 4.69) is 6.92 Å². The quantitative estimate of drug-likeness (QED) is 0.493. The predicted octanol–water partition coefficient (Wildman–Crippen LogP) is 1.31. The summed E-state index contributed by atoms with van der Waals surface area (Å²) in [6.07, 6.45) is 3.49. The zero-order valence-corrected chi connectivity index (χ0v) is 6.04. The monoisotopic (exact) mass is 132 g/mol. The molecular weight excluding hydrogens is 120 g/mol. The molecule has 0 N–H and O–H groups in total. The molecule has 1 fully saturated rings. The molecule has 48 valence electrons. The molecule has 0 saturated carbocycles. The molecule has 8 heavy (non-hydrogen) atoms. The summed E-state index contributed by atoms with van der Waals surface area (Å²) in [6, 6.07) is 0. The van der Waals surface area contributed by atoms with E-state index in [-0.39, 0.29) is 0 Å². The third kappa shape index (κ3) is 1.17. The fraction of sp³-hybridized carbons (Fsp3) is 1.00. The van der Waals surface area contributed by atoms with Crippen molar-refractivity contribution >= 4 is 11.2 Å². The van der Waals surface area contributed by atoms with Crippen LogP contribution in [0.1, 0.15) is 26.2 Å². The zero-order valence-electron chi connectivity index (χ0n) is 5.22. The summed E-state index contributed by atoms with van der Waals surface area (Å²) in [4.78, 5) is 0. The number of hydrogen-bond acceptors (Lipinski definition) is 1. The maximum Gasteiger partial charge on any atom is 0.115 e. The van der Waals surface area contributed by atoms with Crippen LogP contribution in [0, 0.1) is 0 Å². The first-order valence-electron chi connectivity index (χ1n) is 3.21. The largest absolute Gasteiger partial charge is 0.616 e. The Kier molecular flexibility index (Phi) is 2.20. The third-order valence-electron chi connectivity index (χ3n) is 1.70. The van der Waals surface area contributed by atoms with Gasteiger partial charge in [0.2, 0.25) is 0 Å². The van der Waals surface area contributed by atoms with Crippen LogP contribution < -0.4 is 0 Å². The van der Waals surface area contributed by atoms with Gasteiger partial charge in [-0.1, -0.05) is 18.1 Å². The summed E-state index contributed by atoms with van der Waals surface area (Å²) in [5, 5.41) is 0.537. The van der Waals surface area contributed by atoms with E-state index >= 15 is 0 Å². The van der Waals surface area contributed by atoms with Gasteiger partial charge in [-0.2, -0.15) is 0 Å². The Bertz CT molecular complexity index is 74.9. The average molecular weight is 132 g/mol. The molecule has 1 aliphatic rings. The van der Waals surface area contributed by atoms with E-state index in [0.29, 0.717) is 5.25 Å². The van der Waals surface area contributed by atoms with Crippen molar-refractivity contribution in [1.29, 1.82) is 0 Å². The number of rotatable bonds is 1. The summed E-state index contributed by atoms with van der Waals surface area (Å²) in [5.41, 5.74) is 0. The fourth-order valence-corrected chi connectivity index (χ4v) is 2.73. The van der Waals surface area contributed by atoms with Gasteiger partial charge in [-0.15, -0.1) is 0 Å². The van der Waals surface area contributed by atoms with E-state index in [1.165, 1.54) is 12.8 Å². The summed E-state index contributed by atoms with van der Waals surface area (Å²) in [7, 11) is 0. The van der Waals surface area contributed by atoms with Crippen LogP contribution in [0.5, 0.6) is 0 Å². The van der Waals surface area contributed by atoms with Gasteiger partial charge in [-0.25, -0.2) is 0 Å². The van der Waals surface area contributed by atoms with Crippen molar-refractivity contribution in [2.24, 2.45) is 0 Å². The maximum atomic E-state index is 10.9. The highest BCUT2D eigenvalue weighted by Crippen LogP contribution is 2.21. The summed E-state index contributed by atoms with van der Waals surface area (Å²) in [6.45, 7) is 2.12. The van der Waals surface area contributed by atoms with Crippen LogP contribution in [0.2, 0.25) is 0 Å². The molecule has 1 aliphatic heterocycles. The Balaban J connectivity index is 2.30. The van der Waals surface area contributed by atoms with Crippen molar-refractivity contribution < 1.29 is 4.55 Å². The molecular formula is C6H12OS. The van der Waals surface area contributed by atoms with E-state index in [1.54, 1.807) is 0 Å². The van der Waals surface area contributed by atoms with E-state index < -0.39 is 11.2 Å². The van der Waals surface area contributed by atoms with Gasteiger partial charge in [0.15, 0.2) is 0 Å². The van der Waals surface area contributed by atoms with Gasteiger partial charge in [-0.3, -0.25) is 0 Å². The Hall–Kier alpha value is 0.310. The molecule has 0 aromatic carbocycles. The minimum Gasteiger partial charge on any atom is -0.616 e. The maximum absolute atomic E-state index is 10.9. The van der Waals surface area contributed by atoms with Crippen LogP contribution in [-0.2, 0) is 11.2 Å². The standard InChI is InChI=1S/C6H12OS/c1-2-6-4-3-5-8(6)7/h6H,2-5H2,1H3. The molecule has 0 aromatic heterocycles. The van der Waals surface area contributed by atoms with Crippen LogP contribution in [-0.4, -0.2) is 15.6 Å². The highest BCUT2D eigenvalue weighted by atomic mass is 32.2. The Morgan fingerprint density at radius 3 is 2.75 bits per heavy atom. The molecule has 0 amide bonds. The summed E-state index contributed by atoms with van der Waals surface area (Å²) < 4.78 is 10.9. The van der Waals surface area contributed by atoms with Crippen molar-refractivity contribution in [3.63, 3.8) is 0 Å². The molecule has 2 unspecified atom stereocenters. The van der Waals surface area contributed by atoms with Crippen molar-refractivity contribution in [3.8, 4) is 0 Å². The number of hydrogen-bond donors (Lipinski definition) is 0. The van der Waals surface area contributed by atoms with Crippen LogP contribution in [0.25, 0.3) is 0 Å².